The molecule has 1 saturated carbocycles. The first-order chi connectivity index (χ1) is 8.88. The molecule has 5 heteroatoms. The van der Waals surface area contributed by atoms with Crippen LogP contribution in [-0.4, -0.2) is 16.7 Å². The molecule has 2 aromatic heterocycles. The topological polar surface area (TPSA) is 78.1 Å². The molecule has 2 N–H and O–H groups in total. The van der Waals surface area contributed by atoms with E-state index in [0.29, 0.717) is 35.9 Å². The van der Waals surface area contributed by atoms with E-state index in [1.807, 2.05) is 12.1 Å². The molecule has 0 amide bonds. The zero-order valence-electron chi connectivity index (χ0n) is 10.2. The number of furan rings is 1. The average Bonchev–Trinajstić information content (AvgIpc) is 3.09. The molecule has 0 radical (unpaired) electrons. The van der Waals surface area contributed by atoms with E-state index in [1.165, 1.54) is 12.8 Å². The Bertz CT molecular complexity index is 492. The normalized spacial score (nSPS) is 24.3. The van der Waals surface area contributed by atoms with Gasteiger partial charge in [-0.15, -0.1) is 0 Å². The van der Waals surface area contributed by atoms with Gasteiger partial charge < -0.3 is 14.7 Å². The first-order valence-electron chi connectivity index (χ1n) is 6.46. The maximum absolute atomic E-state index is 5.82. The first-order valence-corrected chi connectivity index (χ1v) is 6.46. The van der Waals surface area contributed by atoms with Crippen LogP contribution in [-0.2, 0) is 0 Å². The maximum atomic E-state index is 5.82. The van der Waals surface area contributed by atoms with Crippen LogP contribution in [0.3, 0.4) is 0 Å². The van der Waals surface area contributed by atoms with Crippen molar-refractivity contribution in [2.45, 2.75) is 31.6 Å². The van der Waals surface area contributed by atoms with Crippen LogP contribution in [0.5, 0.6) is 0 Å². The minimum Gasteiger partial charge on any atom is -0.461 e. The van der Waals surface area contributed by atoms with Crippen LogP contribution in [0.4, 0.5) is 0 Å². The highest BCUT2D eigenvalue weighted by molar-refractivity contribution is 5.44. The fourth-order valence-electron chi connectivity index (χ4n) is 2.71. The Kier molecular flexibility index (Phi) is 3.15. The lowest BCUT2D eigenvalue weighted by atomic mass is 9.79. The van der Waals surface area contributed by atoms with Crippen LogP contribution in [0.1, 0.15) is 37.5 Å². The van der Waals surface area contributed by atoms with Crippen molar-refractivity contribution in [3.05, 3.63) is 24.3 Å². The van der Waals surface area contributed by atoms with Crippen LogP contribution in [0.25, 0.3) is 11.6 Å². The summed E-state index contributed by atoms with van der Waals surface area (Å²) in [5.41, 5.74) is 5.82. The summed E-state index contributed by atoms with van der Waals surface area (Å²) in [6, 6.07) is 3.64. The largest absolute Gasteiger partial charge is 0.461 e. The van der Waals surface area contributed by atoms with Crippen molar-refractivity contribution in [1.82, 2.24) is 10.1 Å². The summed E-state index contributed by atoms with van der Waals surface area (Å²) in [6.45, 7) is 0.684. The Morgan fingerprint density at radius 3 is 3.00 bits per heavy atom. The molecule has 2 unspecified atom stereocenters. The molecular weight excluding hydrogens is 230 g/mol. The Morgan fingerprint density at radius 2 is 2.22 bits per heavy atom. The van der Waals surface area contributed by atoms with Gasteiger partial charge >= 0.3 is 0 Å². The molecule has 3 rings (SSSR count). The summed E-state index contributed by atoms with van der Waals surface area (Å²) in [5.74, 6) is 2.64. The van der Waals surface area contributed by atoms with E-state index in [0.717, 1.165) is 12.8 Å². The lowest BCUT2D eigenvalue weighted by Crippen LogP contribution is -2.25. The van der Waals surface area contributed by atoms with Gasteiger partial charge in [-0.25, -0.2) is 0 Å². The lowest BCUT2D eigenvalue weighted by molar-refractivity contribution is 0.249. The molecule has 1 aliphatic rings. The van der Waals surface area contributed by atoms with Crippen LogP contribution in [0.15, 0.2) is 27.3 Å². The number of nitrogens with two attached hydrogens (primary N) is 1. The van der Waals surface area contributed by atoms with Crippen LogP contribution >= 0.6 is 0 Å². The van der Waals surface area contributed by atoms with Gasteiger partial charge in [-0.3, -0.25) is 0 Å². The van der Waals surface area contributed by atoms with Gasteiger partial charge in [0.15, 0.2) is 5.76 Å². The third-order valence-electron chi connectivity index (χ3n) is 3.71. The maximum Gasteiger partial charge on any atom is 0.238 e. The SMILES string of the molecule is NCC1CCCCC1c1nc(-c2ccco2)no1. The second kappa shape index (κ2) is 4.94. The van der Waals surface area contributed by atoms with E-state index >= 15 is 0 Å². The van der Waals surface area contributed by atoms with E-state index in [9.17, 15) is 0 Å². The predicted molar refractivity (Wildman–Crippen MR) is 65.8 cm³/mol. The monoisotopic (exact) mass is 247 g/mol. The minimum absolute atomic E-state index is 0.306. The standard InChI is InChI=1S/C13H17N3O2/c14-8-9-4-1-2-5-10(9)13-15-12(16-18-13)11-6-3-7-17-11/h3,6-7,9-10H,1-2,4-5,8,14H2. The number of rotatable bonds is 3. The predicted octanol–water partition coefficient (Wildman–Crippen LogP) is 2.56. The molecule has 1 aliphatic carbocycles. The van der Waals surface area contributed by atoms with Crippen molar-refractivity contribution in [1.29, 1.82) is 0 Å². The van der Waals surface area contributed by atoms with Crippen molar-refractivity contribution < 1.29 is 8.94 Å². The second-order valence-corrected chi connectivity index (χ2v) is 4.82. The van der Waals surface area contributed by atoms with E-state index < -0.39 is 0 Å². The van der Waals surface area contributed by atoms with Crippen molar-refractivity contribution >= 4 is 0 Å². The van der Waals surface area contributed by atoms with Gasteiger partial charge in [0.05, 0.1) is 6.26 Å². The van der Waals surface area contributed by atoms with Gasteiger partial charge in [0.2, 0.25) is 11.7 Å². The van der Waals surface area contributed by atoms with E-state index in [-0.39, 0.29) is 0 Å². The number of hydrogen-bond donors (Lipinski definition) is 1. The molecule has 18 heavy (non-hydrogen) atoms. The third-order valence-corrected chi connectivity index (χ3v) is 3.71. The summed E-state index contributed by atoms with van der Waals surface area (Å²) in [6.07, 6.45) is 6.30. The number of hydrogen-bond acceptors (Lipinski definition) is 5. The third kappa shape index (κ3) is 2.06. The van der Waals surface area contributed by atoms with Gasteiger partial charge in [0.25, 0.3) is 0 Å². The van der Waals surface area contributed by atoms with E-state index in [2.05, 4.69) is 10.1 Å². The molecule has 0 bridgehead atoms. The highest BCUT2D eigenvalue weighted by Crippen LogP contribution is 2.36. The molecule has 0 saturated heterocycles. The lowest BCUT2D eigenvalue weighted by Gasteiger charge is -2.27. The van der Waals surface area contributed by atoms with E-state index in [4.69, 9.17) is 14.7 Å². The highest BCUT2D eigenvalue weighted by atomic mass is 16.5. The van der Waals surface area contributed by atoms with Gasteiger partial charge in [0, 0.05) is 5.92 Å². The highest BCUT2D eigenvalue weighted by Gasteiger charge is 2.30. The average molecular weight is 247 g/mol. The molecular formula is C13H17N3O2. The van der Waals surface area contributed by atoms with Gasteiger partial charge in [-0.1, -0.05) is 18.0 Å². The Morgan fingerprint density at radius 1 is 1.33 bits per heavy atom. The molecule has 2 heterocycles. The molecule has 0 aliphatic heterocycles. The molecule has 5 nitrogen and oxygen atoms in total. The van der Waals surface area contributed by atoms with Crippen LogP contribution in [0.2, 0.25) is 0 Å². The van der Waals surface area contributed by atoms with Crippen molar-refractivity contribution in [3.8, 4) is 11.6 Å². The number of nitrogens with zero attached hydrogens (tertiary/aromatic N) is 2. The summed E-state index contributed by atoms with van der Waals surface area (Å²) in [4.78, 5) is 4.45. The summed E-state index contributed by atoms with van der Waals surface area (Å²) in [7, 11) is 0. The smallest absolute Gasteiger partial charge is 0.238 e. The summed E-state index contributed by atoms with van der Waals surface area (Å²) >= 11 is 0. The molecule has 1 fully saturated rings. The second-order valence-electron chi connectivity index (χ2n) is 4.82. The summed E-state index contributed by atoms with van der Waals surface area (Å²) in [5, 5.41) is 3.98. The Balaban J connectivity index is 1.84. The molecule has 2 atom stereocenters. The van der Waals surface area contributed by atoms with Gasteiger partial charge in [0.1, 0.15) is 0 Å². The minimum atomic E-state index is 0.306. The van der Waals surface area contributed by atoms with Gasteiger partial charge in [-0.05, 0) is 37.4 Å². The first kappa shape index (κ1) is 11.5. The van der Waals surface area contributed by atoms with Crippen LogP contribution in [0, 0.1) is 5.92 Å². The Hall–Kier alpha value is -1.62. The zero-order chi connectivity index (χ0) is 12.4. The fraction of sp³-hybridized carbons (Fsp3) is 0.538. The number of aromatic nitrogens is 2. The quantitative estimate of drug-likeness (QED) is 0.901. The molecule has 0 aromatic carbocycles. The Labute approximate surface area is 105 Å². The van der Waals surface area contributed by atoms with Crippen molar-refractivity contribution in [3.63, 3.8) is 0 Å². The fourth-order valence-corrected chi connectivity index (χ4v) is 2.71. The van der Waals surface area contributed by atoms with Crippen molar-refractivity contribution in [2.24, 2.45) is 11.7 Å². The molecule has 0 spiro atoms. The van der Waals surface area contributed by atoms with Crippen LogP contribution < -0.4 is 5.73 Å². The zero-order valence-corrected chi connectivity index (χ0v) is 10.2. The summed E-state index contributed by atoms with van der Waals surface area (Å²) < 4.78 is 10.6. The van der Waals surface area contributed by atoms with Gasteiger partial charge in [-0.2, -0.15) is 4.98 Å². The molecule has 96 valence electrons. The van der Waals surface area contributed by atoms with Crippen molar-refractivity contribution in [2.75, 3.05) is 6.54 Å². The molecule has 2 aromatic rings. The van der Waals surface area contributed by atoms with E-state index in [1.54, 1.807) is 6.26 Å².